The average molecular weight is 413 g/mol. The van der Waals surface area contributed by atoms with Crippen molar-refractivity contribution in [1.82, 2.24) is 9.88 Å². The minimum absolute atomic E-state index is 0.0312. The molecule has 4 rings (SSSR count). The van der Waals surface area contributed by atoms with Gasteiger partial charge in [-0.2, -0.15) is 0 Å². The molecule has 8 nitrogen and oxygen atoms in total. The van der Waals surface area contributed by atoms with Gasteiger partial charge < -0.3 is 20.7 Å². The fourth-order valence-electron chi connectivity index (χ4n) is 3.58. The summed E-state index contributed by atoms with van der Waals surface area (Å²) in [6, 6.07) is 3.61. The van der Waals surface area contributed by atoms with E-state index in [2.05, 4.69) is 11.6 Å². The molecule has 0 saturated carbocycles. The first-order chi connectivity index (χ1) is 13.9. The molecule has 1 aromatic heterocycles. The van der Waals surface area contributed by atoms with Gasteiger partial charge in [-0.15, -0.1) is 11.3 Å². The molecule has 2 atom stereocenters. The number of hydrogen-bond donors (Lipinski definition) is 3. The van der Waals surface area contributed by atoms with Gasteiger partial charge in [0, 0.05) is 16.5 Å². The number of esters is 1. The molecule has 2 aromatic rings. The normalized spacial score (nSPS) is 20.9. The molecule has 4 N–H and O–H groups in total. The van der Waals surface area contributed by atoms with E-state index in [1.807, 2.05) is 0 Å². The minimum Gasteiger partial charge on any atom is -0.504 e. The number of nitrogens with zero attached hydrogens (tertiary/aromatic N) is 2. The van der Waals surface area contributed by atoms with Crippen LogP contribution in [-0.4, -0.2) is 50.7 Å². The summed E-state index contributed by atoms with van der Waals surface area (Å²) in [4.78, 5) is 31.0. The number of allylic oxidation sites excluding steroid dienone is 1. The molecule has 0 aliphatic carbocycles. The van der Waals surface area contributed by atoms with Gasteiger partial charge in [0.05, 0.1) is 11.7 Å². The summed E-state index contributed by atoms with van der Waals surface area (Å²) >= 11 is 1.33. The van der Waals surface area contributed by atoms with Gasteiger partial charge in [0.15, 0.2) is 11.5 Å². The van der Waals surface area contributed by atoms with Crippen LogP contribution in [0.5, 0.6) is 11.5 Å². The monoisotopic (exact) mass is 413 g/mol. The van der Waals surface area contributed by atoms with Gasteiger partial charge in [-0.05, 0) is 31.0 Å². The molecule has 150 valence electrons. The number of rotatable bonds is 5. The quantitative estimate of drug-likeness (QED) is 0.296. The average Bonchev–Trinajstić information content (AvgIpc) is 3.22. The van der Waals surface area contributed by atoms with E-state index in [0.29, 0.717) is 34.7 Å². The van der Waals surface area contributed by atoms with Crippen LogP contribution in [0.1, 0.15) is 18.5 Å². The van der Waals surface area contributed by atoms with Crippen LogP contribution >= 0.6 is 11.3 Å². The Labute approximate surface area is 170 Å². The smallest absolute Gasteiger partial charge is 0.355 e. The number of phenolic OH excluding ortho intramolecular Hbond substituents is 2. The van der Waals surface area contributed by atoms with Crippen LogP contribution in [0.4, 0.5) is 0 Å². The first-order valence-corrected chi connectivity index (χ1v) is 9.88. The van der Waals surface area contributed by atoms with Crippen LogP contribution in [0.2, 0.25) is 0 Å². The number of aromatic nitrogens is 1. The van der Waals surface area contributed by atoms with Crippen molar-refractivity contribution in [3.8, 4) is 22.1 Å². The van der Waals surface area contributed by atoms with Crippen molar-refractivity contribution in [2.24, 2.45) is 5.73 Å². The molecule has 1 fully saturated rings. The fourth-order valence-corrected chi connectivity index (χ4v) is 4.42. The van der Waals surface area contributed by atoms with E-state index in [9.17, 15) is 19.8 Å². The third kappa shape index (κ3) is 3.18. The molecular formula is C20H19N3O5S. The minimum atomic E-state index is -0.610. The number of carbonyl (C=O) groups excluding carboxylic acids is 2. The van der Waals surface area contributed by atoms with E-state index < -0.39 is 12.0 Å². The molecule has 1 aromatic carbocycles. The molecule has 1 amide bonds. The van der Waals surface area contributed by atoms with Gasteiger partial charge in [0.1, 0.15) is 23.4 Å². The van der Waals surface area contributed by atoms with Gasteiger partial charge >= 0.3 is 5.97 Å². The highest BCUT2D eigenvalue weighted by atomic mass is 32.1. The number of benzene rings is 1. The van der Waals surface area contributed by atoms with E-state index in [0.717, 1.165) is 0 Å². The summed E-state index contributed by atoms with van der Waals surface area (Å²) in [5.74, 6) is -1.38. The van der Waals surface area contributed by atoms with Crippen LogP contribution in [0.3, 0.4) is 0 Å². The van der Waals surface area contributed by atoms with Gasteiger partial charge in [-0.3, -0.25) is 9.69 Å². The standard InChI is InChI=1S/C20H19N3O5S/c1-2-7-28-20(27)17-11(4-5-13-16(21)19(26)23(13)17)12-9-29-18(22-12)10-3-6-14(24)15(25)8-10/h2-3,6,8-9,13,16,24-25H,1,4-5,7,21H2/t13-,16+/m1/s1. The van der Waals surface area contributed by atoms with E-state index >= 15 is 0 Å². The van der Waals surface area contributed by atoms with Crippen LogP contribution in [0, 0.1) is 0 Å². The maximum absolute atomic E-state index is 12.7. The number of fused-ring (bicyclic) bond motifs is 1. The van der Waals surface area contributed by atoms with Crippen LogP contribution < -0.4 is 5.73 Å². The van der Waals surface area contributed by atoms with E-state index in [1.165, 1.54) is 34.4 Å². The van der Waals surface area contributed by atoms with Crippen molar-refractivity contribution in [2.75, 3.05) is 6.61 Å². The SMILES string of the molecule is C=CCOC(=O)C1=C(c2csc(-c3ccc(O)c(O)c3)n2)CC[C@@H]2[C@H](N)C(=O)N12. The summed E-state index contributed by atoms with van der Waals surface area (Å²) in [7, 11) is 0. The maximum Gasteiger partial charge on any atom is 0.355 e. The summed E-state index contributed by atoms with van der Waals surface area (Å²) in [6.45, 7) is 3.57. The highest BCUT2D eigenvalue weighted by Gasteiger charge is 2.51. The highest BCUT2D eigenvalue weighted by Crippen LogP contribution is 2.41. The molecular weight excluding hydrogens is 394 g/mol. The topological polar surface area (TPSA) is 126 Å². The Bertz CT molecular complexity index is 1040. The zero-order valence-corrected chi connectivity index (χ0v) is 16.2. The van der Waals surface area contributed by atoms with Crippen LogP contribution in [0.15, 0.2) is 41.9 Å². The molecule has 1 saturated heterocycles. The maximum atomic E-state index is 12.7. The summed E-state index contributed by atoms with van der Waals surface area (Å²) in [5.41, 5.74) is 7.89. The van der Waals surface area contributed by atoms with Gasteiger partial charge in [0.25, 0.3) is 0 Å². The van der Waals surface area contributed by atoms with Crippen molar-refractivity contribution >= 4 is 28.8 Å². The molecule has 0 radical (unpaired) electrons. The van der Waals surface area contributed by atoms with Crippen molar-refractivity contribution < 1.29 is 24.5 Å². The number of β-lactam (4-membered cyclic amide) rings is 1. The first kappa shape index (κ1) is 19.2. The zero-order valence-electron chi connectivity index (χ0n) is 15.4. The summed E-state index contributed by atoms with van der Waals surface area (Å²) in [6.07, 6.45) is 2.62. The number of phenols is 2. The molecule has 0 unspecified atom stereocenters. The van der Waals surface area contributed by atoms with Gasteiger partial charge in [0.2, 0.25) is 5.91 Å². The second-order valence-corrected chi connectivity index (χ2v) is 7.65. The second-order valence-electron chi connectivity index (χ2n) is 6.80. The summed E-state index contributed by atoms with van der Waals surface area (Å²) in [5, 5.41) is 21.6. The van der Waals surface area contributed by atoms with Gasteiger partial charge in [-0.1, -0.05) is 12.7 Å². The molecule has 2 aliphatic heterocycles. The number of nitrogens with two attached hydrogens (primary N) is 1. The number of carbonyl (C=O) groups is 2. The third-order valence-corrected chi connectivity index (χ3v) is 5.94. The van der Waals surface area contributed by atoms with Crippen LogP contribution in [0.25, 0.3) is 16.1 Å². The zero-order chi connectivity index (χ0) is 20.7. The lowest BCUT2D eigenvalue weighted by Gasteiger charge is -2.48. The van der Waals surface area contributed by atoms with Crippen LogP contribution in [-0.2, 0) is 14.3 Å². The predicted octanol–water partition coefficient (Wildman–Crippen LogP) is 1.99. The molecule has 3 heterocycles. The molecule has 29 heavy (non-hydrogen) atoms. The molecule has 0 bridgehead atoms. The lowest BCUT2D eigenvalue weighted by Crippen LogP contribution is -2.69. The highest BCUT2D eigenvalue weighted by molar-refractivity contribution is 7.13. The predicted molar refractivity (Wildman–Crippen MR) is 107 cm³/mol. The Balaban J connectivity index is 1.74. The van der Waals surface area contributed by atoms with Crippen molar-refractivity contribution in [3.63, 3.8) is 0 Å². The van der Waals surface area contributed by atoms with Crippen molar-refractivity contribution in [3.05, 3.63) is 47.6 Å². The Hall–Kier alpha value is -3.17. The molecule has 9 heteroatoms. The van der Waals surface area contributed by atoms with Crippen molar-refractivity contribution in [2.45, 2.75) is 24.9 Å². The first-order valence-electron chi connectivity index (χ1n) is 9.00. The number of thiazole rings is 1. The number of hydrogen-bond acceptors (Lipinski definition) is 8. The molecule has 2 aliphatic rings. The third-order valence-electron chi connectivity index (χ3n) is 5.05. The molecule has 0 spiro atoms. The Morgan fingerprint density at radius 2 is 2.21 bits per heavy atom. The second kappa shape index (κ2) is 7.34. The lowest BCUT2D eigenvalue weighted by atomic mass is 9.83. The summed E-state index contributed by atoms with van der Waals surface area (Å²) < 4.78 is 5.20. The largest absolute Gasteiger partial charge is 0.504 e. The van der Waals surface area contributed by atoms with Crippen molar-refractivity contribution in [1.29, 1.82) is 0 Å². The van der Waals surface area contributed by atoms with Gasteiger partial charge in [-0.25, -0.2) is 9.78 Å². The Morgan fingerprint density at radius 3 is 2.93 bits per heavy atom. The Morgan fingerprint density at radius 1 is 1.41 bits per heavy atom. The number of amides is 1. The Kier molecular flexibility index (Phi) is 4.85. The number of aromatic hydroxyl groups is 2. The van der Waals surface area contributed by atoms with E-state index in [4.69, 9.17) is 10.5 Å². The lowest BCUT2D eigenvalue weighted by molar-refractivity contribution is -0.154. The number of ether oxygens (including phenoxy) is 1. The fraction of sp³-hybridized carbons (Fsp3) is 0.250. The van der Waals surface area contributed by atoms with E-state index in [-0.39, 0.29) is 35.8 Å². The van der Waals surface area contributed by atoms with E-state index in [1.54, 1.807) is 11.4 Å².